The predicted molar refractivity (Wildman–Crippen MR) is 77.1 cm³/mol. The number of nitrogens with one attached hydrogen (secondary N) is 1. The highest BCUT2D eigenvalue weighted by atomic mass is 35.5. The first-order chi connectivity index (χ1) is 9.45. The molecule has 0 radical (unpaired) electrons. The third-order valence-corrected chi connectivity index (χ3v) is 4.10. The van der Waals surface area contributed by atoms with Crippen LogP contribution >= 0.6 is 23.2 Å². The normalized spacial score (nSPS) is 21.7. The second kappa shape index (κ2) is 6.46. The molecule has 2 N–H and O–H groups in total. The van der Waals surface area contributed by atoms with Crippen molar-refractivity contribution in [2.24, 2.45) is 5.92 Å². The van der Waals surface area contributed by atoms with Crippen molar-refractivity contribution in [3.05, 3.63) is 33.8 Å². The molecule has 0 heterocycles. The molecule has 1 aromatic rings. The van der Waals surface area contributed by atoms with Crippen LogP contribution in [0.25, 0.3) is 0 Å². The zero-order chi connectivity index (χ0) is 14.7. The van der Waals surface area contributed by atoms with E-state index in [0.29, 0.717) is 34.9 Å². The summed E-state index contributed by atoms with van der Waals surface area (Å²) in [5.41, 5.74) is 0.710. The lowest BCUT2D eigenvalue weighted by Crippen LogP contribution is -2.34. The van der Waals surface area contributed by atoms with E-state index in [0.717, 1.165) is 0 Å². The second-order valence-electron chi connectivity index (χ2n) is 5.03. The Morgan fingerprint density at radius 1 is 1.30 bits per heavy atom. The van der Waals surface area contributed by atoms with E-state index >= 15 is 0 Å². The molecule has 0 spiro atoms. The predicted octanol–water partition coefficient (Wildman–Crippen LogP) is 2.91. The molecule has 2 rings (SSSR count). The monoisotopic (exact) mass is 315 g/mol. The molecule has 4 nitrogen and oxygen atoms in total. The van der Waals surface area contributed by atoms with Crippen molar-refractivity contribution in [2.45, 2.75) is 31.7 Å². The number of hydrogen-bond donors (Lipinski definition) is 2. The Kier molecular flexibility index (Phi) is 4.89. The molecule has 1 aliphatic carbocycles. The Morgan fingerprint density at radius 2 is 2.05 bits per heavy atom. The fourth-order valence-electron chi connectivity index (χ4n) is 2.45. The number of carbonyl (C=O) groups is 2. The Balaban J connectivity index is 1.88. The van der Waals surface area contributed by atoms with Gasteiger partial charge >= 0.3 is 5.97 Å². The van der Waals surface area contributed by atoms with Crippen molar-refractivity contribution >= 4 is 35.1 Å². The summed E-state index contributed by atoms with van der Waals surface area (Å²) in [4.78, 5) is 22.8. The van der Waals surface area contributed by atoms with Gasteiger partial charge in [0.25, 0.3) is 0 Å². The van der Waals surface area contributed by atoms with Gasteiger partial charge in [-0.05, 0) is 37.0 Å². The lowest BCUT2D eigenvalue weighted by Gasteiger charge is -2.13. The van der Waals surface area contributed by atoms with Crippen LogP contribution in [0.2, 0.25) is 10.0 Å². The Hall–Kier alpha value is -1.26. The smallest absolute Gasteiger partial charge is 0.306 e. The van der Waals surface area contributed by atoms with E-state index < -0.39 is 5.97 Å². The maximum Gasteiger partial charge on any atom is 0.306 e. The minimum Gasteiger partial charge on any atom is -0.481 e. The highest BCUT2D eigenvalue weighted by Gasteiger charge is 2.30. The number of rotatable bonds is 4. The van der Waals surface area contributed by atoms with E-state index in [1.54, 1.807) is 18.2 Å². The minimum atomic E-state index is -0.789. The van der Waals surface area contributed by atoms with Crippen molar-refractivity contribution in [1.82, 2.24) is 5.32 Å². The molecule has 1 aromatic carbocycles. The van der Waals surface area contributed by atoms with E-state index in [4.69, 9.17) is 28.3 Å². The molecule has 1 aliphatic rings. The van der Waals surface area contributed by atoms with Gasteiger partial charge in [-0.15, -0.1) is 0 Å². The largest absolute Gasteiger partial charge is 0.481 e. The van der Waals surface area contributed by atoms with Gasteiger partial charge in [0, 0.05) is 16.1 Å². The summed E-state index contributed by atoms with van der Waals surface area (Å²) in [5, 5.41) is 12.8. The van der Waals surface area contributed by atoms with Gasteiger partial charge < -0.3 is 10.4 Å². The maximum atomic E-state index is 11.9. The van der Waals surface area contributed by atoms with Gasteiger partial charge in [0.15, 0.2) is 0 Å². The summed E-state index contributed by atoms with van der Waals surface area (Å²) in [7, 11) is 0. The number of benzene rings is 1. The van der Waals surface area contributed by atoms with Crippen LogP contribution in [0.5, 0.6) is 0 Å². The molecule has 1 saturated carbocycles. The second-order valence-corrected chi connectivity index (χ2v) is 5.87. The minimum absolute atomic E-state index is 0.0605. The zero-order valence-corrected chi connectivity index (χ0v) is 12.2. The molecular formula is C14H15Cl2NO3. The highest BCUT2D eigenvalue weighted by Crippen LogP contribution is 2.26. The molecule has 0 aromatic heterocycles. The summed E-state index contributed by atoms with van der Waals surface area (Å²) in [6, 6.07) is 4.95. The van der Waals surface area contributed by atoms with Crippen LogP contribution < -0.4 is 5.32 Å². The fourth-order valence-corrected chi connectivity index (χ4v) is 2.93. The van der Waals surface area contributed by atoms with Crippen molar-refractivity contribution < 1.29 is 14.7 Å². The summed E-state index contributed by atoms with van der Waals surface area (Å²) in [5.74, 6) is -1.29. The van der Waals surface area contributed by atoms with Crippen LogP contribution in [0.3, 0.4) is 0 Å². The number of halogens is 2. The number of aliphatic carboxylic acids is 1. The number of hydrogen-bond acceptors (Lipinski definition) is 2. The van der Waals surface area contributed by atoms with Gasteiger partial charge in [0.05, 0.1) is 12.3 Å². The van der Waals surface area contributed by atoms with Gasteiger partial charge in [0.1, 0.15) is 0 Å². The van der Waals surface area contributed by atoms with E-state index in [9.17, 15) is 9.59 Å². The molecule has 20 heavy (non-hydrogen) atoms. The topological polar surface area (TPSA) is 66.4 Å². The molecule has 2 unspecified atom stereocenters. The Labute approximate surface area is 127 Å². The first-order valence-corrected chi connectivity index (χ1v) is 7.17. The van der Waals surface area contributed by atoms with Gasteiger partial charge in [-0.3, -0.25) is 9.59 Å². The van der Waals surface area contributed by atoms with E-state index in [-0.39, 0.29) is 24.3 Å². The molecule has 0 bridgehead atoms. The number of carboxylic acid groups (broad SMARTS) is 1. The summed E-state index contributed by atoms with van der Waals surface area (Å²) >= 11 is 11.8. The molecule has 0 aliphatic heterocycles. The van der Waals surface area contributed by atoms with E-state index in [1.165, 1.54) is 0 Å². The third-order valence-electron chi connectivity index (χ3n) is 3.51. The molecule has 0 saturated heterocycles. The zero-order valence-electron chi connectivity index (χ0n) is 10.7. The average molecular weight is 316 g/mol. The number of carbonyl (C=O) groups excluding carboxylic acids is 1. The van der Waals surface area contributed by atoms with Crippen LogP contribution in [0, 0.1) is 5.92 Å². The Morgan fingerprint density at radius 3 is 2.65 bits per heavy atom. The van der Waals surface area contributed by atoms with Crippen molar-refractivity contribution in [3.8, 4) is 0 Å². The fraction of sp³-hybridized carbons (Fsp3) is 0.429. The first kappa shape index (κ1) is 15.1. The van der Waals surface area contributed by atoms with Crippen LogP contribution in [0.15, 0.2) is 18.2 Å². The highest BCUT2D eigenvalue weighted by molar-refractivity contribution is 6.35. The first-order valence-electron chi connectivity index (χ1n) is 6.42. The van der Waals surface area contributed by atoms with Crippen molar-refractivity contribution in [1.29, 1.82) is 0 Å². The molecule has 2 atom stereocenters. The maximum absolute atomic E-state index is 11.9. The van der Waals surface area contributed by atoms with Crippen LogP contribution in [0.1, 0.15) is 24.8 Å². The van der Waals surface area contributed by atoms with Gasteiger partial charge in [-0.2, -0.15) is 0 Å². The average Bonchev–Trinajstić information content (AvgIpc) is 2.81. The van der Waals surface area contributed by atoms with Gasteiger partial charge in [-0.25, -0.2) is 0 Å². The lowest BCUT2D eigenvalue weighted by atomic mass is 10.1. The summed E-state index contributed by atoms with van der Waals surface area (Å²) in [6.07, 6.45) is 1.98. The standard InChI is InChI=1S/C14H15Cl2NO3/c15-10-3-1-8(12(16)7-10)6-13(18)17-11-4-2-9(5-11)14(19)20/h1,3,7,9,11H,2,4-6H2,(H,17,18)(H,19,20). The third kappa shape index (κ3) is 3.87. The molecule has 6 heteroatoms. The molecule has 108 valence electrons. The summed E-state index contributed by atoms with van der Waals surface area (Å²) in [6.45, 7) is 0. The van der Waals surface area contributed by atoms with Gasteiger partial charge in [0.2, 0.25) is 5.91 Å². The number of carboxylic acids is 1. The van der Waals surface area contributed by atoms with Crippen molar-refractivity contribution in [3.63, 3.8) is 0 Å². The summed E-state index contributed by atoms with van der Waals surface area (Å²) < 4.78 is 0. The van der Waals surface area contributed by atoms with Crippen LogP contribution in [0.4, 0.5) is 0 Å². The Bertz CT molecular complexity index is 533. The van der Waals surface area contributed by atoms with Crippen LogP contribution in [-0.4, -0.2) is 23.0 Å². The lowest BCUT2D eigenvalue weighted by molar-refractivity contribution is -0.141. The molecule has 1 amide bonds. The van der Waals surface area contributed by atoms with Crippen molar-refractivity contribution in [2.75, 3.05) is 0 Å². The van der Waals surface area contributed by atoms with Gasteiger partial charge in [-0.1, -0.05) is 29.3 Å². The van der Waals surface area contributed by atoms with E-state index in [1.807, 2.05) is 0 Å². The van der Waals surface area contributed by atoms with E-state index in [2.05, 4.69) is 5.32 Å². The number of amides is 1. The molecule has 1 fully saturated rings. The quantitative estimate of drug-likeness (QED) is 0.897. The SMILES string of the molecule is O=C(Cc1ccc(Cl)cc1Cl)NC1CCC(C(=O)O)C1. The molecular weight excluding hydrogens is 301 g/mol. The van der Waals surface area contributed by atoms with Crippen LogP contribution in [-0.2, 0) is 16.0 Å².